The van der Waals surface area contributed by atoms with Crippen LogP contribution in [0.5, 0.6) is 11.5 Å². The third kappa shape index (κ3) is 6.35. The highest BCUT2D eigenvalue weighted by Crippen LogP contribution is 2.25. The van der Waals surface area contributed by atoms with Gasteiger partial charge in [0.25, 0.3) is 15.9 Å². The van der Waals surface area contributed by atoms with Crippen molar-refractivity contribution in [3.63, 3.8) is 0 Å². The fourth-order valence-electron chi connectivity index (χ4n) is 3.14. The lowest BCUT2D eigenvalue weighted by molar-refractivity contribution is -0.119. The largest absolute Gasteiger partial charge is 0.508 e. The van der Waals surface area contributed by atoms with E-state index in [-0.39, 0.29) is 10.6 Å². The minimum absolute atomic E-state index is 0.0346. The number of rotatable bonds is 10. The fraction of sp³-hybridized carbons (Fsp3) is 0.200. The van der Waals surface area contributed by atoms with E-state index in [0.29, 0.717) is 30.0 Å². The Bertz CT molecular complexity index is 1240. The van der Waals surface area contributed by atoms with Gasteiger partial charge in [-0.3, -0.25) is 9.10 Å². The Balaban J connectivity index is 1.77. The number of hydrazone groups is 1. The van der Waals surface area contributed by atoms with E-state index in [4.69, 9.17) is 4.74 Å². The van der Waals surface area contributed by atoms with Crippen LogP contribution in [0, 0.1) is 6.92 Å². The number of hydrogen-bond donors (Lipinski definition) is 2. The van der Waals surface area contributed by atoms with Crippen LogP contribution in [0.1, 0.15) is 18.1 Å². The van der Waals surface area contributed by atoms with Crippen LogP contribution in [0.4, 0.5) is 5.69 Å². The van der Waals surface area contributed by atoms with Crippen molar-refractivity contribution < 1.29 is 23.1 Å². The van der Waals surface area contributed by atoms with E-state index in [1.54, 1.807) is 60.7 Å². The molecule has 0 aliphatic carbocycles. The van der Waals surface area contributed by atoms with Crippen molar-refractivity contribution in [1.29, 1.82) is 0 Å². The highest BCUT2D eigenvalue weighted by Gasteiger charge is 2.27. The lowest BCUT2D eigenvalue weighted by Gasteiger charge is -2.24. The number of aromatic hydroxyl groups is 1. The summed E-state index contributed by atoms with van der Waals surface area (Å²) in [5, 5.41) is 13.7. The number of amides is 1. The first-order valence-electron chi connectivity index (χ1n) is 10.7. The Labute approximate surface area is 199 Å². The highest BCUT2D eigenvalue weighted by atomic mass is 32.2. The van der Waals surface area contributed by atoms with E-state index in [1.807, 2.05) is 13.8 Å². The smallest absolute Gasteiger partial charge is 0.264 e. The minimum atomic E-state index is -4.04. The number of nitrogens with one attached hydrogen (secondary N) is 1. The number of sulfonamides is 1. The van der Waals surface area contributed by atoms with Gasteiger partial charge in [0, 0.05) is 12.6 Å². The molecule has 0 aliphatic rings. The second-order valence-electron chi connectivity index (χ2n) is 7.43. The molecule has 0 saturated carbocycles. The monoisotopic (exact) mass is 481 g/mol. The van der Waals surface area contributed by atoms with Gasteiger partial charge in [0.1, 0.15) is 18.0 Å². The predicted molar refractivity (Wildman–Crippen MR) is 132 cm³/mol. The molecular formula is C25H27N3O5S. The molecule has 0 spiro atoms. The van der Waals surface area contributed by atoms with E-state index in [2.05, 4.69) is 10.5 Å². The molecular weight excluding hydrogens is 454 g/mol. The van der Waals surface area contributed by atoms with Crippen LogP contribution in [-0.4, -0.2) is 38.8 Å². The maximum atomic E-state index is 13.4. The number of ether oxygens (including phenoxy) is 1. The second kappa shape index (κ2) is 11.3. The first kappa shape index (κ1) is 24.8. The summed E-state index contributed by atoms with van der Waals surface area (Å²) in [6.07, 6.45) is 1.74. The molecule has 8 nitrogen and oxygen atoms in total. The number of phenolic OH excluding ortho intramolecular Hbond substituents is 1. The van der Waals surface area contributed by atoms with Crippen LogP contribution in [0.25, 0.3) is 0 Å². The molecule has 0 aliphatic heterocycles. The van der Waals surface area contributed by atoms with Crippen molar-refractivity contribution in [2.75, 3.05) is 17.5 Å². The summed E-state index contributed by atoms with van der Waals surface area (Å²) in [4.78, 5) is 12.6. The zero-order valence-corrected chi connectivity index (χ0v) is 19.8. The van der Waals surface area contributed by atoms with Gasteiger partial charge >= 0.3 is 0 Å². The Hall–Kier alpha value is -3.85. The van der Waals surface area contributed by atoms with Crippen LogP contribution < -0.4 is 14.5 Å². The van der Waals surface area contributed by atoms with Gasteiger partial charge in [0.2, 0.25) is 0 Å². The number of anilines is 1. The molecule has 2 N–H and O–H groups in total. The predicted octanol–water partition coefficient (Wildman–Crippen LogP) is 3.64. The van der Waals surface area contributed by atoms with Gasteiger partial charge in [-0.2, -0.15) is 5.10 Å². The summed E-state index contributed by atoms with van der Waals surface area (Å²) in [6, 6.07) is 19.7. The lowest BCUT2D eigenvalue weighted by atomic mass is 10.1. The summed E-state index contributed by atoms with van der Waals surface area (Å²) >= 11 is 0. The summed E-state index contributed by atoms with van der Waals surface area (Å²) in [5.41, 5.74) is 4.32. The Morgan fingerprint density at radius 3 is 2.38 bits per heavy atom. The molecule has 3 aromatic carbocycles. The average Bonchev–Trinajstić information content (AvgIpc) is 2.82. The Kier molecular flexibility index (Phi) is 8.26. The number of para-hydroxylation sites is 1. The second-order valence-corrected chi connectivity index (χ2v) is 9.29. The average molecular weight is 482 g/mol. The first-order chi connectivity index (χ1) is 16.3. The molecule has 0 fully saturated rings. The molecule has 0 atom stereocenters. The van der Waals surface area contributed by atoms with Crippen LogP contribution in [0.3, 0.4) is 0 Å². The van der Waals surface area contributed by atoms with E-state index in [9.17, 15) is 18.3 Å². The number of carbonyl (C=O) groups is 1. The molecule has 0 heterocycles. The minimum Gasteiger partial charge on any atom is -0.508 e. The van der Waals surface area contributed by atoms with Crippen molar-refractivity contribution in [3.8, 4) is 11.5 Å². The van der Waals surface area contributed by atoms with Crippen molar-refractivity contribution in [1.82, 2.24) is 5.43 Å². The maximum Gasteiger partial charge on any atom is 0.264 e. The molecule has 0 aromatic heterocycles. The first-order valence-corrected chi connectivity index (χ1v) is 12.1. The highest BCUT2D eigenvalue weighted by molar-refractivity contribution is 7.92. The zero-order chi connectivity index (χ0) is 24.6. The SMILES string of the molecule is CCOc1ccc(S(=O)(=O)N(CC(=O)N/N=C/Cc2ccccc2O)c2ccc(C)cc2)cc1. The summed E-state index contributed by atoms with van der Waals surface area (Å²) in [6.45, 7) is 3.73. The number of benzene rings is 3. The van der Waals surface area contributed by atoms with Crippen LogP contribution in [0.15, 0.2) is 82.8 Å². The van der Waals surface area contributed by atoms with E-state index < -0.39 is 22.5 Å². The van der Waals surface area contributed by atoms with Gasteiger partial charge in [-0.1, -0.05) is 35.9 Å². The van der Waals surface area contributed by atoms with Crippen LogP contribution >= 0.6 is 0 Å². The molecule has 1 amide bonds. The molecule has 178 valence electrons. The van der Waals surface area contributed by atoms with Gasteiger partial charge in [-0.15, -0.1) is 0 Å². The maximum absolute atomic E-state index is 13.4. The van der Waals surface area contributed by atoms with Crippen molar-refractivity contribution in [2.24, 2.45) is 5.10 Å². The third-order valence-electron chi connectivity index (χ3n) is 4.92. The van der Waals surface area contributed by atoms with Crippen molar-refractivity contribution >= 4 is 27.8 Å². The van der Waals surface area contributed by atoms with Gasteiger partial charge in [-0.25, -0.2) is 13.8 Å². The van der Waals surface area contributed by atoms with Crippen LogP contribution in [0.2, 0.25) is 0 Å². The summed E-state index contributed by atoms with van der Waals surface area (Å²) < 4.78 is 33.3. The molecule has 0 radical (unpaired) electrons. The number of hydrogen-bond acceptors (Lipinski definition) is 6. The number of aryl methyl sites for hydroxylation is 1. The third-order valence-corrected chi connectivity index (χ3v) is 6.70. The number of phenols is 1. The molecule has 0 bridgehead atoms. The zero-order valence-electron chi connectivity index (χ0n) is 19.0. The van der Waals surface area contributed by atoms with E-state index in [1.165, 1.54) is 18.3 Å². The van der Waals surface area contributed by atoms with Gasteiger partial charge < -0.3 is 9.84 Å². The Morgan fingerprint density at radius 2 is 1.74 bits per heavy atom. The van der Waals surface area contributed by atoms with Crippen LogP contribution in [-0.2, 0) is 21.2 Å². The number of nitrogens with zero attached hydrogens (tertiary/aromatic N) is 2. The van der Waals surface area contributed by atoms with Crippen molar-refractivity contribution in [2.45, 2.75) is 25.2 Å². The summed E-state index contributed by atoms with van der Waals surface area (Å²) in [7, 11) is -4.04. The molecule has 34 heavy (non-hydrogen) atoms. The quantitative estimate of drug-likeness (QED) is 0.340. The van der Waals surface area contributed by atoms with E-state index >= 15 is 0 Å². The van der Waals surface area contributed by atoms with E-state index in [0.717, 1.165) is 9.87 Å². The standard InChI is InChI=1S/C25H27N3O5S/c1-3-33-22-12-14-23(15-13-22)34(31,32)28(21-10-8-19(2)9-11-21)18-25(30)27-26-17-16-20-6-4-5-7-24(20)29/h4-15,17,29H,3,16,18H2,1-2H3,(H,27,30)/b26-17+. The molecule has 0 unspecified atom stereocenters. The molecule has 3 rings (SSSR count). The van der Waals surface area contributed by atoms with Crippen molar-refractivity contribution in [3.05, 3.63) is 83.9 Å². The number of carbonyl (C=O) groups excluding carboxylic acids is 1. The summed E-state index contributed by atoms with van der Waals surface area (Å²) in [5.74, 6) is 0.0794. The topological polar surface area (TPSA) is 108 Å². The van der Waals surface area contributed by atoms with Gasteiger partial charge in [0.15, 0.2) is 0 Å². The normalized spacial score (nSPS) is 11.4. The fourth-order valence-corrected chi connectivity index (χ4v) is 4.56. The Morgan fingerprint density at radius 1 is 1.06 bits per heavy atom. The molecule has 9 heteroatoms. The lowest BCUT2D eigenvalue weighted by Crippen LogP contribution is -2.39. The molecule has 0 saturated heterocycles. The molecule has 3 aromatic rings. The van der Waals surface area contributed by atoms with Gasteiger partial charge in [0.05, 0.1) is 17.2 Å². The van der Waals surface area contributed by atoms with Gasteiger partial charge in [-0.05, 0) is 61.9 Å².